The monoisotopic (exact) mass is 401 g/mol. The maximum atomic E-state index is 13.8. The number of carbonyl (C=O) groups is 2. The van der Waals surface area contributed by atoms with Crippen molar-refractivity contribution in [1.82, 2.24) is 9.88 Å². The van der Waals surface area contributed by atoms with Gasteiger partial charge >= 0.3 is 0 Å². The van der Waals surface area contributed by atoms with E-state index in [2.05, 4.69) is 5.32 Å². The molecular weight excluding hydrogens is 385 g/mol. The van der Waals surface area contributed by atoms with Crippen molar-refractivity contribution in [3.05, 3.63) is 64.1 Å². The molecule has 0 radical (unpaired) electrons. The van der Waals surface area contributed by atoms with Crippen LogP contribution in [0.3, 0.4) is 0 Å². The van der Waals surface area contributed by atoms with Crippen LogP contribution in [0.25, 0.3) is 10.9 Å². The predicted molar refractivity (Wildman–Crippen MR) is 103 cm³/mol. The van der Waals surface area contributed by atoms with E-state index < -0.39 is 11.7 Å². The number of aryl methyl sites for hydroxylation is 1. The number of carbonyl (C=O) groups excluding carboxylic acids is 2. The Labute approximate surface area is 165 Å². The standard InChI is InChI=1S/C20H17ClFN3O3/c1-25-16-9-14(22)13(21)6-11(16)7-17(25)20(27)24-15-4-5-28-18-8-10(19(23)26)2-3-12(15)18/h2-3,6-9,15H,4-5H2,1H3,(H2,23,26)(H,24,27)/t15-/m1/s1. The van der Waals surface area contributed by atoms with Crippen LogP contribution in [0, 0.1) is 5.82 Å². The average molecular weight is 402 g/mol. The zero-order valence-electron chi connectivity index (χ0n) is 15.0. The average Bonchev–Trinajstić information content (AvgIpc) is 2.98. The second-order valence-electron chi connectivity index (χ2n) is 6.69. The first-order valence-corrected chi connectivity index (χ1v) is 9.05. The number of nitrogens with two attached hydrogens (primary N) is 1. The molecule has 0 saturated carbocycles. The second-order valence-corrected chi connectivity index (χ2v) is 7.10. The van der Waals surface area contributed by atoms with E-state index in [1.165, 1.54) is 12.1 Å². The Morgan fingerprint density at radius 1 is 1.29 bits per heavy atom. The molecule has 0 aliphatic carbocycles. The lowest BCUT2D eigenvalue weighted by Gasteiger charge is -2.27. The first-order valence-electron chi connectivity index (χ1n) is 8.67. The molecule has 1 aliphatic heterocycles. The zero-order valence-corrected chi connectivity index (χ0v) is 15.7. The van der Waals surface area contributed by atoms with Crippen molar-refractivity contribution in [3.8, 4) is 5.75 Å². The summed E-state index contributed by atoms with van der Waals surface area (Å²) < 4.78 is 21.0. The SMILES string of the molecule is Cn1c(C(=O)N[C@@H]2CCOc3cc(C(N)=O)ccc32)cc2cc(Cl)c(F)cc21. The maximum absolute atomic E-state index is 13.8. The van der Waals surface area contributed by atoms with Gasteiger partial charge in [-0.3, -0.25) is 9.59 Å². The summed E-state index contributed by atoms with van der Waals surface area (Å²) in [6, 6.07) is 9.12. The van der Waals surface area contributed by atoms with Crippen LogP contribution in [-0.2, 0) is 7.05 Å². The summed E-state index contributed by atoms with van der Waals surface area (Å²) in [5, 5.41) is 3.67. The second kappa shape index (κ2) is 6.83. The lowest BCUT2D eigenvalue weighted by Crippen LogP contribution is -2.33. The van der Waals surface area contributed by atoms with E-state index in [4.69, 9.17) is 22.1 Å². The maximum Gasteiger partial charge on any atom is 0.268 e. The molecule has 6 nitrogen and oxygen atoms in total. The Kier molecular flexibility index (Phi) is 4.47. The Bertz CT molecular complexity index is 1130. The summed E-state index contributed by atoms with van der Waals surface area (Å²) in [6.45, 7) is 0.399. The van der Waals surface area contributed by atoms with Crippen LogP contribution in [0.15, 0.2) is 36.4 Å². The largest absolute Gasteiger partial charge is 0.493 e. The Morgan fingerprint density at radius 3 is 2.82 bits per heavy atom. The smallest absolute Gasteiger partial charge is 0.268 e. The molecule has 0 unspecified atom stereocenters. The molecule has 0 spiro atoms. The molecule has 0 fully saturated rings. The number of hydrogen-bond donors (Lipinski definition) is 2. The number of primary amides is 1. The number of ether oxygens (including phenoxy) is 1. The van der Waals surface area contributed by atoms with Crippen LogP contribution in [0.4, 0.5) is 4.39 Å². The Hall–Kier alpha value is -3.06. The quantitative estimate of drug-likeness (QED) is 0.705. The first kappa shape index (κ1) is 18.3. The molecule has 8 heteroatoms. The van der Waals surface area contributed by atoms with Crippen molar-refractivity contribution in [3.63, 3.8) is 0 Å². The molecule has 3 aromatic rings. The number of nitrogens with zero attached hydrogens (tertiary/aromatic N) is 1. The van der Waals surface area contributed by atoms with Crippen molar-refractivity contribution in [1.29, 1.82) is 0 Å². The molecule has 28 heavy (non-hydrogen) atoms. The minimum absolute atomic E-state index is 0.00803. The van der Waals surface area contributed by atoms with Crippen LogP contribution >= 0.6 is 11.6 Å². The lowest BCUT2D eigenvalue weighted by atomic mass is 9.98. The minimum Gasteiger partial charge on any atom is -0.493 e. The molecule has 4 rings (SSSR count). The number of amides is 2. The number of aromatic nitrogens is 1. The summed E-state index contributed by atoms with van der Waals surface area (Å²) >= 11 is 5.84. The molecule has 0 saturated heterocycles. The number of halogens is 2. The number of hydrogen-bond acceptors (Lipinski definition) is 3. The third-order valence-corrected chi connectivity index (χ3v) is 5.25. The third kappa shape index (κ3) is 3.07. The molecule has 2 heterocycles. The van der Waals surface area contributed by atoms with Crippen LogP contribution in [0.2, 0.25) is 5.02 Å². The number of fused-ring (bicyclic) bond motifs is 2. The minimum atomic E-state index is -0.543. The third-order valence-electron chi connectivity index (χ3n) is 4.96. The summed E-state index contributed by atoms with van der Waals surface area (Å²) in [5.74, 6) is -0.851. The molecule has 1 aliphatic rings. The molecule has 2 amide bonds. The van der Waals surface area contributed by atoms with Gasteiger partial charge in [-0.15, -0.1) is 0 Å². The Balaban J connectivity index is 1.64. The van der Waals surface area contributed by atoms with Crippen LogP contribution in [-0.4, -0.2) is 23.0 Å². The van der Waals surface area contributed by atoms with Gasteiger partial charge in [0.2, 0.25) is 5.91 Å². The van der Waals surface area contributed by atoms with Gasteiger partial charge in [-0.05, 0) is 30.3 Å². The topological polar surface area (TPSA) is 86.3 Å². The molecule has 2 aromatic carbocycles. The summed E-state index contributed by atoms with van der Waals surface area (Å²) in [7, 11) is 1.70. The van der Waals surface area contributed by atoms with Gasteiger partial charge in [0.25, 0.3) is 5.91 Å². The Morgan fingerprint density at radius 2 is 2.07 bits per heavy atom. The van der Waals surface area contributed by atoms with Crippen molar-refractivity contribution < 1.29 is 18.7 Å². The van der Waals surface area contributed by atoms with Gasteiger partial charge in [-0.2, -0.15) is 0 Å². The van der Waals surface area contributed by atoms with Crippen LogP contribution in [0.5, 0.6) is 5.75 Å². The lowest BCUT2D eigenvalue weighted by molar-refractivity contribution is 0.0915. The molecule has 1 atom stereocenters. The zero-order chi connectivity index (χ0) is 20.0. The highest BCUT2D eigenvalue weighted by Gasteiger charge is 2.25. The van der Waals surface area contributed by atoms with Gasteiger partial charge < -0.3 is 20.4 Å². The van der Waals surface area contributed by atoms with Crippen molar-refractivity contribution >= 4 is 34.3 Å². The fourth-order valence-corrected chi connectivity index (χ4v) is 3.65. The van der Waals surface area contributed by atoms with E-state index in [1.807, 2.05) is 0 Å². The molecule has 3 N–H and O–H groups in total. The van der Waals surface area contributed by atoms with Crippen molar-refractivity contribution in [2.24, 2.45) is 12.8 Å². The van der Waals surface area contributed by atoms with Crippen LogP contribution in [0.1, 0.15) is 38.9 Å². The number of benzene rings is 2. The summed E-state index contributed by atoms with van der Waals surface area (Å²) in [5.41, 5.74) is 7.39. The van der Waals surface area contributed by atoms with Gasteiger partial charge in [0.05, 0.1) is 23.2 Å². The van der Waals surface area contributed by atoms with Gasteiger partial charge in [0.1, 0.15) is 17.3 Å². The molecule has 144 valence electrons. The number of nitrogens with one attached hydrogen (secondary N) is 1. The van der Waals surface area contributed by atoms with E-state index in [1.54, 1.807) is 35.9 Å². The van der Waals surface area contributed by atoms with Gasteiger partial charge in [0.15, 0.2) is 0 Å². The summed E-state index contributed by atoms with van der Waals surface area (Å²) in [4.78, 5) is 24.2. The van der Waals surface area contributed by atoms with E-state index in [0.29, 0.717) is 40.9 Å². The first-order chi connectivity index (χ1) is 13.3. The van der Waals surface area contributed by atoms with E-state index in [0.717, 1.165) is 5.56 Å². The van der Waals surface area contributed by atoms with Crippen molar-refractivity contribution in [2.45, 2.75) is 12.5 Å². The highest BCUT2D eigenvalue weighted by Crippen LogP contribution is 2.33. The fourth-order valence-electron chi connectivity index (χ4n) is 3.47. The van der Waals surface area contributed by atoms with Crippen molar-refractivity contribution in [2.75, 3.05) is 6.61 Å². The summed E-state index contributed by atoms with van der Waals surface area (Å²) in [6.07, 6.45) is 0.582. The van der Waals surface area contributed by atoms with Gasteiger partial charge in [0, 0.05) is 30.0 Å². The van der Waals surface area contributed by atoms with Crippen LogP contribution < -0.4 is 15.8 Å². The van der Waals surface area contributed by atoms with Gasteiger partial charge in [-0.1, -0.05) is 17.7 Å². The predicted octanol–water partition coefficient (Wildman–Crippen LogP) is 3.32. The molecule has 1 aromatic heterocycles. The fraction of sp³-hybridized carbons (Fsp3) is 0.200. The number of rotatable bonds is 3. The normalized spacial score (nSPS) is 15.8. The molecule has 0 bridgehead atoms. The van der Waals surface area contributed by atoms with E-state index >= 15 is 0 Å². The van der Waals surface area contributed by atoms with E-state index in [9.17, 15) is 14.0 Å². The van der Waals surface area contributed by atoms with E-state index in [-0.39, 0.29) is 17.0 Å². The highest BCUT2D eigenvalue weighted by molar-refractivity contribution is 6.31. The van der Waals surface area contributed by atoms with Gasteiger partial charge in [-0.25, -0.2) is 4.39 Å². The molecular formula is C20H17ClFN3O3. The highest BCUT2D eigenvalue weighted by atomic mass is 35.5.